The minimum Gasteiger partial charge on any atom is -0.496 e. The number of piperidine rings is 1. The van der Waals surface area contributed by atoms with Gasteiger partial charge in [0.15, 0.2) is 0 Å². The molecule has 1 aromatic carbocycles. The van der Waals surface area contributed by atoms with Crippen molar-refractivity contribution in [1.82, 2.24) is 9.80 Å². The minimum absolute atomic E-state index is 0.00687. The standard InChI is InChI=1S/C21H33BN2O4/c1-20(2)21(3,4)28-22(27-20)15-8-9-18(26-7)17(14-15)19(25)24-12-10-16(11-13-24)23(5)6/h8-9,14,16H,10-13H2,1-7H3. The van der Waals surface area contributed by atoms with E-state index in [2.05, 4.69) is 19.0 Å². The summed E-state index contributed by atoms with van der Waals surface area (Å²) >= 11 is 0. The van der Waals surface area contributed by atoms with Crippen LogP contribution in [0.4, 0.5) is 0 Å². The van der Waals surface area contributed by atoms with Gasteiger partial charge in [-0.1, -0.05) is 6.07 Å². The first kappa shape index (κ1) is 21.2. The number of hydrogen-bond acceptors (Lipinski definition) is 5. The summed E-state index contributed by atoms with van der Waals surface area (Å²) in [5.74, 6) is 0.590. The van der Waals surface area contributed by atoms with E-state index in [1.54, 1.807) is 7.11 Å². The molecule has 0 atom stereocenters. The summed E-state index contributed by atoms with van der Waals surface area (Å²) in [5.41, 5.74) is 0.565. The Morgan fingerprint density at radius 2 is 1.71 bits per heavy atom. The van der Waals surface area contributed by atoms with Crippen LogP contribution in [0.5, 0.6) is 5.75 Å². The zero-order valence-electron chi connectivity index (χ0n) is 18.2. The predicted molar refractivity (Wildman–Crippen MR) is 111 cm³/mol. The molecule has 0 aromatic heterocycles. The Labute approximate surface area is 169 Å². The summed E-state index contributed by atoms with van der Waals surface area (Å²) < 4.78 is 17.8. The van der Waals surface area contributed by atoms with Gasteiger partial charge in [-0.3, -0.25) is 4.79 Å². The molecule has 2 fully saturated rings. The summed E-state index contributed by atoms with van der Waals surface area (Å²) in [4.78, 5) is 17.4. The molecule has 6 nitrogen and oxygen atoms in total. The number of likely N-dealkylation sites (tertiary alicyclic amines) is 1. The van der Waals surface area contributed by atoms with Crippen molar-refractivity contribution in [2.75, 3.05) is 34.3 Å². The summed E-state index contributed by atoms with van der Waals surface area (Å²) in [5, 5.41) is 0. The second-order valence-electron chi connectivity index (χ2n) is 9.03. The third-order valence-corrected chi connectivity index (χ3v) is 6.46. The highest BCUT2D eigenvalue weighted by Crippen LogP contribution is 2.36. The smallest absolute Gasteiger partial charge is 0.494 e. The normalized spacial score (nSPS) is 22.0. The van der Waals surface area contributed by atoms with Crippen molar-refractivity contribution in [2.45, 2.75) is 57.8 Å². The Hall–Kier alpha value is -1.57. The number of amides is 1. The molecule has 0 saturated carbocycles. The summed E-state index contributed by atoms with van der Waals surface area (Å²) in [6.07, 6.45) is 1.97. The average molecular weight is 388 g/mol. The number of hydrogen-bond donors (Lipinski definition) is 0. The van der Waals surface area contributed by atoms with Crippen LogP contribution in [0.1, 0.15) is 50.9 Å². The highest BCUT2D eigenvalue weighted by atomic mass is 16.7. The highest BCUT2D eigenvalue weighted by Gasteiger charge is 2.51. The van der Waals surface area contributed by atoms with Crippen molar-refractivity contribution in [1.29, 1.82) is 0 Å². The Kier molecular flexibility index (Phi) is 5.81. The van der Waals surface area contributed by atoms with E-state index >= 15 is 0 Å². The molecule has 1 aromatic rings. The van der Waals surface area contributed by atoms with Crippen LogP contribution < -0.4 is 10.2 Å². The number of carbonyl (C=O) groups is 1. The van der Waals surface area contributed by atoms with Gasteiger partial charge in [-0.15, -0.1) is 0 Å². The minimum atomic E-state index is -0.498. The fourth-order valence-electron chi connectivity index (χ4n) is 3.77. The van der Waals surface area contributed by atoms with Crippen LogP contribution in [-0.4, -0.2) is 74.4 Å². The van der Waals surface area contributed by atoms with Crippen molar-refractivity contribution in [3.63, 3.8) is 0 Å². The zero-order valence-corrected chi connectivity index (χ0v) is 18.2. The van der Waals surface area contributed by atoms with Crippen molar-refractivity contribution >= 4 is 18.5 Å². The molecule has 1 amide bonds. The number of rotatable bonds is 4. The van der Waals surface area contributed by atoms with Crippen LogP contribution in [0.15, 0.2) is 18.2 Å². The van der Waals surface area contributed by atoms with Crippen LogP contribution in [0.3, 0.4) is 0 Å². The Morgan fingerprint density at radius 3 is 2.21 bits per heavy atom. The Bertz CT molecular complexity index is 711. The summed E-state index contributed by atoms with van der Waals surface area (Å²) in [6.45, 7) is 9.61. The molecule has 0 bridgehead atoms. The Morgan fingerprint density at radius 1 is 1.14 bits per heavy atom. The average Bonchev–Trinajstić information content (AvgIpc) is 2.88. The van der Waals surface area contributed by atoms with Crippen LogP contribution in [0.2, 0.25) is 0 Å². The molecular formula is C21H33BN2O4. The van der Waals surface area contributed by atoms with E-state index in [-0.39, 0.29) is 5.91 Å². The van der Waals surface area contributed by atoms with Crippen LogP contribution in [-0.2, 0) is 9.31 Å². The van der Waals surface area contributed by atoms with Crippen LogP contribution in [0.25, 0.3) is 0 Å². The lowest BCUT2D eigenvalue weighted by Gasteiger charge is -2.35. The second kappa shape index (κ2) is 7.69. The maximum absolute atomic E-state index is 13.2. The van der Waals surface area contributed by atoms with Gasteiger partial charge in [-0.25, -0.2) is 0 Å². The molecule has 0 radical (unpaired) electrons. The van der Waals surface area contributed by atoms with Crippen molar-refractivity contribution in [3.05, 3.63) is 23.8 Å². The molecule has 0 aliphatic carbocycles. The van der Waals surface area contributed by atoms with Crippen molar-refractivity contribution < 1.29 is 18.8 Å². The second-order valence-corrected chi connectivity index (χ2v) is 9.03. The molecule has 28 heavy (non-hydrogen) atoms. The van der Waals surface area contributed by atoms with Gasteiger partial charge in [0.2, 0.25) is 0 Å². The zero-order chi connectivity index (χ0) is 20.7. The van der Waals surface area contributed by atoms with E-state index in [1.807, 2.05) is 50.8 Å². The molecule has 2 saturated heterocycles. The summed E-state index contributed by atoms with van der Waals surface area (Å²) in [6, 6.07) is 6.14. The van der Waals surface area contributed by atoms with Crippen LogP contribution in [0, 0.1) is 0 Å². The van der Waals surface area contributed by atoms with E-state index in [1.165, 1.54) is 0 Å². The van der Waals surface area contributed by atoms with Gasteiger partial charge in [0.1, 0.15) is 5.75 Å². The van der Waals surface area contributed by atoms with Gasteiger partial charge in [-0.2, -0.15) is 0 Å². The van der Waals surface area contributed by atoms with Gasteiger partial charge in [0.05, 0.1) is 23.9 Å². The van der Waals surface area contributed by atoms with Crippen molar-refractivity contribution in [2.24, 2.45) is 0 Å². The first-order valence-corrected chi connectivity index (χ1v) is 10.0. The molecular weight excluding hydrogens is 355 g/mol. The quantitative estimate of drug-likeness (QED) is 0.740. The SMILES string of the molecule is COc1ccc(B2OC(C)(C)C(C)(C)O2)cc1C(=O)N1CCC(N(C)C)CC1. The number of methoxy groups -OCH3 is 1. The number of nitrogens with zero attached hydrogens (tertiary/aromatic N) is 2. The highest BCUT2D eigenvalue weighted by molar-refractivity contribution is 6.62. The van der Waals surface area contributed by atoms with Crippen LogP contribution >= 0.6 is 0 Å². The van der Waals surface area contributed by atoms with E-state index in [0.717, 1.165) is 31.4 Å². The monoisotopic (exact) mass is 388 g/mol. The third kappa shape index (κ3) is 3.93. The largest absolute Gasteiger partial charge is 0.496 e. The topological polar surface area (TPSA) is 51.2 Å². The maximum Gasteiger partial charge on any atom is 0.494 e. The van der Waals surface area contributed by atoms with Gasteiger partial charge in [0.25, 0.3) is 5.91 Å². The predicted octanol–water partition coefficient (Wildman–Crippen LogP) is 2.16. The van der Waals surface area contributed by atoms with Gasteiger partial charge < -0.3 is 23.8 Å². The molecule has 7 heteroatoms. The molecule has 154 valence electrons. The van der Waals surface area contributed by atoms with E-state index in [0.29, 0.717) is 17.4 Å². The lowest BCUT2D eigenvalue weighted by molar-refractivity contribution is 0.00578. The maximum atomic E-state index is 13.2. The van der Waals surface area contributed by atoms with Gasteiger partial charge in [-0.05, 0) is 72.2 Å². The molecule has 0 N–H and O–H groups in total. The summed E-state index contributed by atoms with van der Waals surface area (Å²) in [7, 11) is 5.29. The lowest BCUT2D eigenvalue weighted by atomic mass is 9.78. The molecule has 0 unspecified atom stereocenters. The Balaban J connectivity index is 1.82. The number of benzene rings is 1. The first-order chi connectivity index (χ1) is 13.1. The fraction of sp³-hybridized carbons (Fsp3) is 0.667. The van der Waals surface area contributed by atoms with Crippen molar-refractivity contribution in [3.8, 4) is 5.75 Å². The van der Waals surface area contributed by atoms with E-state index in [9.17, 15) is 4.79 Å². The van der Waals surface area contributed by atoms with E-state index < -0.39 is 18.3 Å². The van der Waals surface area contributed by atoms with Gasteiger partial charge in [0, 0.05) is 19.1 Å². The fourth-order valence-corrected chi connectivity index (χ4v) is 3.77. The molecule has 3 rings (SSSR count). The molecule has 0 spiro atoms. The number of ether oxygens (including phenoxy) is 1. The molecule has 2 aliphatic rings. The third-order valence-electron chi connectivity index (χ3n) is 6.46. The molecule has 2 aliphatic heterocycles. The first-order valence-electron chi connectivity index (χ1n) is 10.0. The van der Waals surface area contributed by atoms with Gasteiger partial charge >= 0.3 is 7.12 Å². The lowest BCUT2D eigenvalue weighted by Crippen LogP contribution is -2.45. The molecule has 2 heterocycles. The van der Waals surface area contributed by atoms with E-state index in [4.69, 9.17) is 14.0 Å². The number of carbonyl (C=O) groups excluding carboxylic acids is 1.